The lowest BCUT2D eigenvalue weighted by molar-refractivity contribution is -0.126. The Morgan fingerprint density at radius 2 is 1.84 bits per heavy atom. The fourth-order valence-electron chi connectivity index (χ4n) is 2.22. The molecule has 0 unspecified atom stereocenters. The molecule has 19 heavy (non-hydrogen) atoms. The summed E-state index contributed by atoms with van der Waals surface area (Å²) in [6.45, 7) is 6.82. The third-order valence-electron chi connectivity index (χ3n) is 3.29. The molecule has 0 spiro atoms. The van der Waals surface area contributed by atoms with E-state index in [1.807, 2.05) is 35.2 Å². The summed E-state index contributed by atoms with van der Waals surface area (Å²) in [6, 6.07) is 9.63. The molecule has 3 nitrogen and oxygen atoms in total. The van der Waals surface area contributed by atoms with Gasteiger partial charge in [0.1, 0.15) is 0 Å². The Morgan fingerprint density at radius 3 is 2.47 bits per heavy atom. The molecule has 0 bridgehead atoms. The number of hydrogen-bond donors (Lipinski definition) is 0. The van der Waals surface area contributed by atoms with Crippen LogP contribution >= 0.6 is 0 Å². The Labute approximate surface area is 115 Å². The van der Waals surface area contributed by atoms with Crippen LogP contribution in [-0.2, 0) is 4.79 Å². The number of carbonyl (C=O) groups excluding carboxylic acids is 1. The van der Waals surface area contributed by atoms with Gasteiger partial charge in [0.2, 0.25) is 0 Å². The minimum Gasteiger partial charge on any atom is -0.329 e. The zero-order valence-corrected chi connectivity index (χ0v) is 11.4. The van der Waals surface area contributed by atoms with Crippen LogP contribution in [0.4, 0.5) is 0 Å². The second-order valence-electron chi connectivity index (χ2n) is 4.75. The van der Waals surface area contributed by atoms with Gasteiger partial charge < -0.3 is 4.90 Å². The summed E-state index contributed by atoms with van der Waals surface area (Å²) in [7, 11) is 0. The van der Waals surface area contributed by atoms with E-state index in [1.54, 1.807) is 0 Å². The quantitative estimate of drug-likeness (QED) is 0.750. The van der Waals surface area contributed by atoms with Crippen molar-refractivity contribution in [3.05, 3.63) is 35.9 Å². The molecule has 1 fully saturated rings. The first-order valence-electron chi connectivity index (χ1n) is 6.88. The Balaban J connectivity index is 1.87. The molecule has 1 heterocycles. The number of rotatable bonds is 2. The lowest BCUT2D eigenvalue weighted by atomic mass is 10.2. The standard InChI is InChI=1S/C16H20N2O/c1-2-10-17-11-13-18(14-12-17)16(19)9-8-15-6-4-3-5-7-15/h3-7H,2,10-14H2,1H3. The molecule has 1 amide bonds. The Hall–Kier alpha value is -1.79. The van der Waals surface area contributed by atoms with Crippen molar-refractivity contribution in [2.24, 2.45) is 0 Å². The van der Waals surface area contributed by atoms with E-state index < -0.39 is 0 Å². The van der Waals surface area contributed by atoms with Crippen LogP contribution in [0.5, 0.6) is 0 Å². The maximum atomic E-state index is 12.0. The van der Waals surface area contributed by atoms with Gasteiger partial charge in [-0.2, -0.15) is 0 Å². The third-order valence-corrected chi connectivity index (χ3v) is 3.29. The van der Waals surface area contributed by atoms with Crippen LogP contribution in [0.1, 0.15) is 18.9 Å². The zero-order valence-electron chi connectivity index (χ0n) is 11.4. The monoisotopic (exact) mass is 256 g/mol. The lowest BCUT2D eigenvalue weighted by Gasteiger charge is -2.33. The van der Waals surface area contributed by atoms with Crippen molar-refractivity contribution in [1.29, 1.82) is 0 Å². The summed E-state index contributed by atoms with van der Waals surface area (Å²) in [5, 5.41) is 0. The smallest absolute Gasteiger partial charge is 0.298 e. The molecular weight excluding hydrogens is 236 g/mol. The largest absolute Gasteiger partial charge is 0.329 e. The summed E-state index contributed by atoms with van der Waals surface area (Å²) in [4.78, 5) is 16.2. The highest BCUT2D eigenvalue weighted by Gasteiger charge is 2.18. The molecule has 0 atom stereocenters. The highest BCUT2D eigenvalue weighted by molar-refractivity contribution is 5.94. The molecule has 1 aliphatic heterocycles. The minimum absolute atomic E-state index is 0.0556. The minimum atomic E-state index is -0.0556. The molecule has 0 aliphatic carbocycles. The van der Waals surface area contributed by atoms with Crippen LogP contribution in [0.25, 0.3) is 0 Å². The number of benzene rings is 1. The summed E-state index contributed by atoms with van der Waals surface area (Å²) in [6.07, 6.45) is 1.17. The summed E-state index contributed by atoms with van der Waals surface area (Å²) < 4.78 is 0. The van der Waals surface area contributed by atoms with Gasteiger partial charge >= 0.3 is 0 Å². The van der Waals surface area contributed by atoms with Crippen LogP contribution in [0.3, 0.4) is 0 Å². The van der Waals surface area contributed by atoms with Gasteiger partial charge in [0, 0.05) is 37.7 Å². The lowest BCUT2D eigenvalue weighted by Crippen LogP contribution is -2.48. The van der Waals surface area contributed by atoms with Crippen molar-refractivity contribution < 1.29 is 4.79 Å². The number of piperazine rings is 1. The van der Waals surface area contributed by atoms with Crippen LogP contribution in [0.15, 0.2) is 30.3 Å². The van der Waals surface area contributed by atoms with E-state index in [0.29, 0.717) is 0 Å². The number of carbonyl (C=O) groups is 1. The molecule has 1 aliphatic rings. The van der Waals surface area contributed by atoms with Gasteiger partial charge in [-0.05, 0) is 25.1 Å². The maximum absolute atomic E-state index is 12.0. The van der Waals surface area contributed by atoms with Crippen molar-refractivity contribution >= 4 is 5.91 Å². The van der Waals surface area contributed by atoms with Gasteiger partial charge in [-0.1, -0.05) is 31.0 Å². The van der Waals surface area contributed by atoms with Gasteiger partial charge in [-0.25, -0.2) is 0 Å². The van der Waals surface area contributed by atoms with Crippen molar-refractivity contribution in [2.45, 2.75) is 13.3 Å². The predicted octanol–water partition coefficient (Wildman–Crippen LogP) is 1.59. The molecule has 100 valence electrons. The zero-order chi connectivity index (χ0) is 13.5. The summed E-state index contributed by atoms with van der Waals surface area (Å²) in [5.74, 6) is 5.60. The van der Waals surface area contributed by atoms with Crippen LogP contribution < -0.4 is 0 Å². The number of hydrogen-bond acceptors (Lipinski definition) is 2. The molecule has 0 saturated carbocycles. The van der Waals surface area contributed by atoms with Gasteiger partial charge in [0.05, 0.1) is 0 Å². The van der Waals surface area contributed by atoms with Crippen molar-refractivity contribution in [1.82, 2.24) is 9.80 Å². The van der Waals surface area contributed by atoms with Crippen LogP contribution in [-0.4, -0.2) is 48.4 Å². The first-order valence-corrected chi connectivity index (χ1v) is 6.88. The molecular formula is C16H20N2O. The highest BCUT2D eigenvalue weighted by atomic mass is 16.2. The van der Waals surface area contributed by atoms with E-state index >= 15 is 0 Å². The summed E-state index contributed by atoms with van der Waals surface area (Å²) >= 11 is 0. The van der Waals surface area contributed by atoms with Gasteiger partial charge in [-0.15, -0.1) is 0 Å². The van der Waals surface area contributed by atoms with Crippen molar-refractivity contribution in [2.75, 3.05) is 32.7 Å². The van der Waals surface area contributed by atoms with Crippen molar-refractivity contribution in [3.63, 3.8) is 0 Å². The highest BCUT2D eigenvalue weighted by Crippen LogP contribution is 2.03. The molecule has 1 aromatic carbocycles. The molecule has 0 N–H and O–H groups in total. The molecule has 1 saturated heterocycles. The molecule has 0 radical (unpaired) electrons. The first kappa shape index (κ1) is 13.6. The number of nitrogens with zero attached hydrogens (tertiary/aromatic N) is 2. The van der Waals surface area contributed by atoms with E-state index in [2.05, 4.69) is 23.7 Å². The number of amides is 1. The van der Waals surface area contributed by atoms with E-state index in [4.69, 9.17) is 0 Å². The molecule has 1 aromatic rings. The first-order chi connectivity index (χ1) is 9.29. The van der Waals surface area contributed by atoms with E-state index in [1.165, 1.54) is 6.42 Å². The molecule has 2 rings (SSSR count). The average molecular weight is 256 g/mol. The maximum Gasteiger partial charge on any atom is 0.298 e. The fraction of sp³-hybridized carbons (Fsp3) is 0.438. The Morgan fingerprint density at radius 1 is 1.16 bits per heavy atom. The van der Waals surface area contributed by atoms with Gasteiger partial charge in [0.25, 0.3) is 5.91 Å². The third kappa shape index (κ3) is 4.11. The van der Waals surface area contributed by atoms with Gasteiger partial charge in [0.15, 0.2) is 0 Å². The van der Waals surface area contributed by atoms with Crippen molar-refractivity contribution in [3.8, 4) is 11.8 Å². The Bertz CT molecular complexity index is 465. The van der Waals surface area contributed by atoms with Crippen LogP contribution in [0.2, 0.25) is 0 Å². The van der Waals surface area contributed by atoms with Gasteiger partial charge in [-0.3, -0.25) is 9.69 Å². The predicted molar refractivity (Wildman–Crippen MR) is 76.6 cm³/mol. The summed E-state index contributed by atoms with van der Waals surface area (Å²) in [5.41, 5.74) is 0.889. The van der Waals surface area contributed by atoms with E-state index in [9.17, 15) is 4.79 Å². The molecule has 3 heteroatoms. The average Bonchev–Trinajstić information content (AvgIpc) is 2.47. The normalized spacial score (nSPS) is 15.7. The van der Waals surface area contributed by atoms with E-state index in [-0.39, 0.29) is 5.91 Å². The fourth-order valence-corrected chi connectivity index (χ4v) is 2.22. The SMILES string of the molecule is CCCN1CCN(C(=O)C#Cc2ccccc2)CC1. The Kier molecular flexibility index (Phi) is 5.00. The topological polar surface area (TPSA) is 23.6 Å². The molecule has 0 aromatic heterocycles. The van der Waals surface area contributed by atoms with Crippen LogP contribution in [0, 0.1) is 11.8 Å². The second-order valence-corrected chi connectivity index (χ2v) is 4.75. The van der Waals surface area contributed by atoms with E-state index in [0.717, 1.165) is 38.3 Å². The second kappa shape index (κ2) is 6.96.